The topological polar surface area (TPSA) is 78.9 Å². The molecule has 0 saturated carbocycles. The normalized spacial score (nSPS) is 23.2. The predicted octanol–water partition coefficient (Wildman–Crippen LogP) is 3.98. The molecule has 2 heterocycles. The van der Waals surface area contributed by atoms with E-state index in [2.05, 4.69) is 16.7 Å². The molecule has 3 atom stereocenters. The van der Waals surface area contributed by atoms with Crippen molar-refractivity contribution in [2.45, 2.75) is 50.8 Å². The summed E-state index contributed by atoms with van der Waals surface area (Å²) in [6, 6.07) is 2.73. The number of piperidine rings is 1. The number of phenolic OH excluding ortho intramolecular Hbond substituents is 1. The number of likely N-dealkylation sites (tertiary alicyclic amines) is 2. The molecular formula is C22H33Cl2N3O3S. The number of nitrogens with zero attached hydrogens (tertiary/aromatic N) is 2. The van der Waals surface area contributed by atoms with Crippen LogP contribution >= 0.6 is 23.2 Å². The first-order valence-electron chi connectivity index (χ1n) is 10.8. The van der Waals surface area contributed by atoms with Crippen LogP contribution in [0.3, 0.4) is 0 Å². The van der Waals surface area contributed by atoms with Crippen molar-refractivity contribution in [2.75, 3.05) is 33.2 Å². The van der Waals surface area contributed by atoms with Gasteiger partial charge in [-0.25, -0.2) is 0 Å². The molecule has 174 valence electrons. The first-order chi connectivity index (χ1) is 14.5. The predicted molar refractivity (Wildman–Crippen MR) is 127 cm³/mol. The van der Waals surface area contributed by atoms with Gasteiger partial charge in [-0.15, -0.1) is 4.72 Å². The van der Waals surface area contributed by atoms with Gasteiger partial charge in [0.15, 0.2) is 0 Å². The van der Waals surface area contributed by atoms with Crippen LogP contribution in [-0.4, -0.2) is 63.3 Å². The van der Waals surface area contributed by atoms with Crippen molar-refractivity contribution in [1.29, 1.82) is 0 Å². The molecule has 1 amide bonds. The fraction of sp³-hybridized carbons (Fsp3) is 0.682. The highest BCUT2D eigenvalue weighted by Crippen LogP contribution is 2.40. The van der Waals surface area contributed by atoms with Crippen LogP contribution in [0.15, 0.2) is 12.1 Å². The number of amides is 1. The maximum absolute atomic E-state index is 12.9. The molecule has 2 aliphatic heterocycles. The molecule has 1 aromatic rings. The van der Waals surface area contributed by atoms with E-state index in [-0.39, 0.29) is 34.6 Å². The van der Waals surface area contributed by atoms with Crippen molar-refractivity contribution in [3.63, 3.8) is 0 Å². The minimum Gasteiger partial charge on any atom is -0.598 e. The summed E-state index contributed by atoms with van der Waals surface area (Å²) in [5, 5.41) is 11.2. The zero-order chi connectivity index (χ0) is 22.9. The van der Waals surface area contributed by atoms with Gasteiger partial charge >= 0.3 is 0 Å². The average Bonchev–Trinajstić information content (AvgIpc) is 3.14. The zero-order valence-corrected chi connectivity index (χ0v) is 21.0. The van der Waals surface area contributed by atoms with Gasteiger partial charge in [0, 0.05) is 42.6 Å². The van der Waals surface area contributed by atoms with Crippen molar-refractivity contribution < 1.29 is 14.5 Å². The van der Waals surface area contributed by atoms with Crippen molar-refractivity contribution in [1.82, 2.24) is 14.5 Å². The van der Waals surface area contributed by atoms with Crippen LogP contribution in [0.4, 0.5) is 0 Å². The van der Waals surface area contributed by atoms with E-state index in [1.54, 1.807) is 6.07 Å². The number of carbonyl (C=O) groups excluding carboxylic acids is 1. The highest BCUT2D eigenvalue weighted by atomic mass is 35.5. The smallest absolute Gasteiger partial charge is 0.227 e. The Balaban J connectivity index is 1.76. The number of hydrogen-bond donors (Lipinski definition) is 2. The molecule has 9 heteroatoms. The molecule has 31 heavy (non-hydrogen) atoms. The molecule has 3 rings (SSSR count). The number of benzene rings is 1. The fourth-order valence-electron chi connectivity index (χ4n) is 4.35. The molecule has 2 unspecified atom stereocenters. The third-order valence-corrected chi connectivity index (χ3v) is 8.56. The van der Waals surface area contributed by atoms with E-state index in [4.69, 9.17) is 23.2 Å². The Hall–Kier alpha value is -0.700. The van der Waals surface area contributed by atoms with Crippen LogP contribution in [0.2, 0.25) is 10.0 Å². The van der Waals surface area contributed by atoms with E-state index in [0.29, 0.717) is 23.7 Å². The molecule has 2 N–H and O–H groups in total. The summed E-state index contributed by atoms with van der Waals surface area (Å²) >= 11 is 11.0. The quantitative estimate of drug-likeness (QED) is 0.611. The van der Waals surface area contributed by atoms with Gasteiger partial charge in [0.25, 0.3) is 0 Å². The first kappa shape index (κ1) is 24.9. The number of halogens is 2. The van der Waals surface area contributed by atoms with E-state index < -0.39 is 16.1 Å². The second-order valence-corrected chi connectivity index (χ2v) is 12.5. The SMILES string of the molecule is CN1CC[C@H](C(=O)N2CCC(C(N[S+]([O-])C(C)(C)C)c3cc(Cl)c(Cl)cc3O)CC2)C1. The zero-order valence-electron chi connectivity index (χ0n) is 18.7. The monoisotopic (exact) mass is 489 g/mol. The second kappa shape index (κ2) is 10.1. The fourth-order valence-corrected chi connectivity index (χ4v) is 5.59. The Morgan fingerprint density at radius 3 is 2.35 bits per heavy atom. The van der Waals surface area contributed by atoms with Crippen molar-refractivity contribution >= 4 is 40.5 Å². The Labute approximate surface area is 198 Å². The molecular weight excluding hydrogens is 457 g/mol. The van der Waals surface area contributed by atoms with Crippen LogP contribution in [0, 0.1) is 11.8 Å². The molecule has 0 bridgehead atoms. The highest BCUT2D eigenvalue weighted by Gasteiger charge is 2.38. The third kappa shape index (κ3) is 6.01. The molecule has 0 radical (unpaired) electrons. The van der Waals surface area contributed by atoms with Gasteiger partial charge in [0.1, 0.15) is 10.5 Å². The molecule has 0 aromatic heterocycles. The minimum absolute atomic E-state index is 0.0327. The van der Waals surface area contributed by atoms with Gasteiger partial charge in [-0.2, -0.15) is 0 Å². The molecule has 2 saturated heterocycles. The molecule has 0 spiro atoms. The Morgan fingerprint density at radius 2 is 1.81 bits per heavy atom. The Morgan fingerprint density at radius 1 is 1.19 bits per heavy atom. The maximum Gasteiger partial charge on any atom is 0.227 e. The van der Waals surface area contributed by atoms with Crippen molar-refractivity contribution in [3.8, 4) is 5.75 Å². The van der Waals surface area contributed by atoms with E-state index >= 15 is 0 Å². The summed E-state index contributed by atoms with van der Waals surface area (Å²) in [4.78, 5) is 17.1. The summed E-state index contributed by atoms with van der Waals surface area (Å²) in [6.07, 6.45) is 2.43. The third-order valence-electron chi connectivity index (χ3n) is 6.26. The molecule has 2 aliphatic rings. The van der Waals surface area contributed by atoms with Gasteiger partial charge < -0.3 is 19.5 Å². The van der Waals surface area contributed by atoms with Gasteiger partial charge in [-0.1, -0.05) is 23.2 Å². The van der Waals surface area contributed by atoms with Crippen molar-refractivity contribution in [3.05, 3.63) is 27.7 Å². The number of nitrogens with one attached hydrogen (secondary N) is 1. The second-order valence-electron chi connectivity index (χ2n) is 9.71. The van der Waals surface area contributed by atoms with Gasteiger partial charge in [-0.05, 0) is 65.6 Å². The number of carbonyl (C=O) groups is 1. The van der Waals surface area contributed by atoms with E-state index in [0.717, 1.165) is 32.4 Å². The van der Waals surface area contributed by atoms with Gasteiger partial charge in [-0.3, -0.25) is 4.79 Å². The summed E-state index contributed by atoms with van der Waals surface area (Å²) in [6.45, 7) is 8.82. The van der Waals surface area contributed by atoms with Crippen LogP contribution in [-0.2, 0) is 16.2 Å². The molecule has 6 nitrogen and oxygen atoms in total. The average molecular weight is 490 g/mol. The Kier molecular flexibility index (Phi) is 8.09. The van der Waals surface area contributed by atoms with Crippen LogP contribution in [0.25, 0.3) is 0 Å². The van der Waals surface area contributed by atoms with E-state index in [9.17, 15) is 14.5 Å². The van der Waals surface area contributed by atoms with Crippen LogP contribution in [0.5, 0.6) is 5.75 Å². The lowest BCUT2D eigenvalue weighted by Crippen LogP contribution is -2.47. The van der Waals surface area contributed by atoms with E-state index in [1.165, 1.54) is 6.07 Å². The number of phenols is 1. The first-order valence-corrected chi connectivity index (χ1v) is 12.7. The number of hydrogen-bond acceptors (Lipinski definition) is 5. The van der Waals surface area contributed by atoms with Crippen LogP contribution in [0.1, 0.15) is 51.6 Å². The summed E-state index contributed by atoms with van der Waals surface area (Å²) < 4.78 is 15.7. The Bertz CT molecular complexity index is 797. The summed E-state index contributed by atoms with van der Waals surface area (Å²) in [5.74, 6) is 0.459. The maximum atomic E-state index is 12.9. The van der Waals surface area contributed by atoms with Gasteiger partial charge in [0.05, 0.1) is 22.0 Å². The largest absolute Gasteiger partial charge is 0.598 e. The number of rotatable bonds is 5. The lowest BCUT2D eigenvalue weighted by Gasteiger charge is -2.38. The van der Waals surface area contributed by atoms with Gasteiger partial charge in [0.2, 0.25) is 5.91 Å². The number of aromatic hydroxyl groups is 1. The summed E-state index contributed by atoms with van der Waals surface area (Å²) in [7, 11) is 2.05. The molecule has 2 fully saturated rings. The van der Waals surface area contributed by atoms with E-state index in [1.807, 2.05) is 25.7 Å². The standard InChI is InChI=1S/C22H33Cl2N3O3S/c1-22(2,3)31(30)25-20(16-11-17(23)18(24)12-19(16)28)14-6-9-27(10-7-14)21(29)15-5-8-26(4)13-15/h11-12,14-15,20,25,28H,5-10,13H2,1-4H3/t15-,20?,31?/m0/s1. The molecule has 1 aromatic carbocycles. The summed E-state index contributed by atoms with van der Waals surface area (Å²) in [5.41, 5.74) is 0.592. The highest BCUT2D eigenvalue weighted by molar-refractivity contribution is 7.90. The lowest BCUT2D eigenvalue weighted by atomic mass is 9.85. The lowest BCUT2D eigenvalue weighted by molar-refractivity contribution is -0.136. The van der Waals surface area contributed by atoms with Crippen molar-refractivity contribution in [2.24, 2.45) is 11.8 Å². The van der Waals surface area contributed by atoms with Crippen LogP contribution < -0.4 is 4.72 Å². The minimum atomic E-state index is -1.34. The molecule has 0 aliphatic carbocycles.